The van der Waals surface area contributed by atoms with Gasteiger partial charge in [-0.3, -0.25) is 10.2 Å². The molecule has 1 amide bonds. The molecule has 0 bridgehead atoms. The minimum atomic E-state index is -0.120. The van der Waals surface area contributed by atoms with Crippen molar-refractivity contribution in [1.29, 1.82) is 0 Å². The SMILES string of the molecule is NNC(=O)CCC1CO1. The van der Waals surface area contributed by atoms with Gasteiger partial charge in [-0.1, -0.05) is 0 Å². The monoisotopic (exact) mass is 130 g/mol. The van der Waals surface area contributed by atoms with Crippen molar-refractivity contribution in [3.8, 4) is 0 Å². The highest BCUT2D eigenvalue weighted by molar-refractivity contribution is 5.75. The molecule has 0 radical (unpaired) electrons. The molecule has 1 atom stereocenters. The van der Waals surface area contributed by atoms with Crippen molar-refractivity contribution in [3.63, 3.8) is 0 Å². The maximum absolute atomic E-state index is 10.5. The summed E-state index contributed by atoms with van der Waals surface area (Å²) in [7, 11) is 0. The van der Waals surface area contributed by atoms with E-state index in [1.807, 2.05) is 0 Å². The first-order valence-electron chi connectivity index (χ1n) is 2.94. The third kappa shape index (κ3) is 2.43. The number of nitrogens with two attached hydrogens (primary N) is 1. The third-order valence-corrected chi connectivity index (χ3v) is 1.26. The second-order valence-electron chi connectivity index (χ2n) is 2.06. The van der Waals surface area contributed by atoms with Gasteiger partial charge in [0.05, 0.1) is 12.7 Å². The number of ether oxygens (including phenoxy) is 1. The number of hydrogen-bond donors (Lipinski definition) is 2. The molecule has 0 aromatic heterocycles. The topological polar surface area (TPSA) is 67.6 Å². The molecular formula is C5H10N2O2. The van der Waals surface area contributed by atoms with Gasteiger partial charge in [-0.15, -0.1) is 0 Å². The molecule has 3 N–H and O–H groups in total. The molecule has 1 unspecified atom stereocenters. The van der Waals surface area contributed by atoms with E-state index in [2.05, 4.69) is 5.43 Å². The quantitative estimate of drug-likeness (QED) is 0.226. The lowest BCUT2D eigenvalue weighted by Gasteiger charge is -1.94. The number of epoxide rings is 1. The van der Waals surface area contributed by atoms with Gasteiger partial charge in [0.2, 0.25) is 5.91 Å². The van der Waals surface area contributed by atoms with E-state index in [1.54, 1.807) is 0 Å². The van der Waals surface area contributed by atoms with Crippen molar-refractivity contribution in [2.24, 2.45) is 5.84 Å². The van der Waals surface area contributed by atoms with E-state index in [0.29, 0.717) is 12.5 Å². The summed E-state index contributed by atoms with van der Waals surface area (Å²) >= 11 is 0. The third-order valence-electron chi connectivity index (χ3n) is 1.26. The minimum absolute atomic E-state index is 0.120. The van der Waals surface area contributed by atoms with Crippen LogP contribution in [-0.4, -0.2) is 18.6 Å². The smallest absolute Gasteiger partial charge is 0.233 e. The average molecular weight is 130 g/mol. The van der Waals surface area contributed by atoms with Gasteiger partial charge in [0, 0.05) is 6.42 Å². The molecule has 4 nitrogen and oxygen atoms in total. The van der Waals surface area contributed by atoms with Crippen LogP contribution in [0.1, 0.15) is 12.8 Å². The first-order valence-corrected chi connectivity index (χ1v) is 2.94. The highest BCUT2D eigenvalue weighted by Crippen LogP contribution is 2.14. The Hall–Kier alpha value is -0.610. The van der Waals surface area contributed by atoms with E-state index >= 15 is 0 Å². The Labute approximate surface area is 53.3 Å². The highest BCUT2D eigenvalue weighted by atomic mass is 16.6. The summed E-state index contributed by atoms with van der Waals surface area (Å²) in [4.78, 5) is 10.5. The van der Waals surface area contributed by atoms with Crippen LogP contribution in [0.25, 0.3) is 0 Å². The number of carbonyl (C=O) groups excluding carboxylic acids is 1. The summed E-state index contributed by atoms with van der Waals surface area (Å²) in [5.74, 6) is 4.72. The minimum Gasteiger partial charge on any atom is -0.373 e. The molecule has 1 rings (SSSR count). The fraction of sp³-hybridized carbons (Fsp3) is 0.800. The Morgan fingerprint density at radius 3 is 3.00 bits per heavy atom. The van der Waals surface area contributed by atoms with Crippen molar-refractivity contribution < 1.29 is 9.53 Å². The lowest BCUT2D eigenvalue weighted by molar-refractivity contribution is -0.121. The fourth-order valence-corrected chi connectivity index (χ4v) is 0.599. The van der Waals surface area contributed by atoms with Gasteiger partial charge in [-0.05, 0) is 6.42 Å². The summed E-state index contributed by atoms with van der Waals surface area (Å²) in [6, 6.07) is 0. The van der Waals surface area contributed by atoms with Gasteiger partial charge in [0.1, 0.15) is 0 Å². The predicted molar refractivity (Wildman–Crippen MR) is 31.3 cm³/mol. The van der Waals surface area contributed by atoms with Crippen LogP contribution < -0.4 is 11.3 Å². The molecule has 0 aromatic carbocycles. The molecule has 1 aliphatic heterocycles. The molecule has 0 aliphatic carbocycles. The summed E-state index contributed by atoms with van der Waals surface area (Å²) in [6.45, 7) is 0.803. The second-order valence-corrected chi connectivity index (χ2v) is 2.06. The number of nitrogens with one attached hydrogen (secondary N) is 1. The first-order chi connectivity index (χ1) is 4.33. The lowest BCUT2D eigenvalue weighted by Crippen LogP contribution is -2.29. The van der Waals surface area contributed by atoms with E-state index in [-0.39, 0.29) is 5.91 Å². The van der Waals surface area contributed by atoms with Crippen molar-refractivity contribution in [2.45, 2.75) is 18.9 Å². The van der Waals surface area contributed by atoms with Gasteiger partial charge in [-0.2, -0.15) is 0 Å². The van der Waals surface area contributed by atoms with Crippen LogP contribution in [0.5, 0.6) is 0 Å². The van der Waals surface area contributed by atoms with Gasteiger partial charge >= 0.3 is 0 Å². The zero-order valence-corrected chi connectivity index (χ0v) is 5.09. The number of hydrogen-bond acceptors (Lipinski definition) is 3. The van der Waals surface area contributed by atoms with Gasteiger partial charge in [-0.25, -0.2) is 5.84 Å². The Balaban J connectivity index is 1.96. The average Bonchev–Trinajstić information content (AvgIpc) is 2.65. The summed E-state index contributed by atoms with van der Waals surface area (Å²) in [5.41, 5.74) is 2.05. The van der Waals surface area contributed by atoms with E-state index < -0.39 is 0 Å². The van der Waals surface area contributed by atoms with Crippen molar-refractivity contribution in [3.05, 3.63) is 0 Å². The van der Waals surface area contributed by atoms with Gasteiger partial charge in [0.15, 0.2) is 0 Å². The van der Waals surface area contributed by atoms with Gasteiger partial charge in [0.25, 0.3) is 0 Å². The zero-order chi connectivity index (χ0) is 6.69. The van der Waals surface area contributed by atoms with Crippen LogP contribution >= 0.6 is 0 Å². The summed E-state index contributed by atoms with van der Waals surface area (Å²) in [6.07, 6.45) is 1.59. The fourth-order valence-electron chi connectivity index (χ4n) is 0.599. The molecule has 0 saturated carbocycles. The van der Waals surface area contributed by atoms with Crippen LogP contribution in [0.2, 0.25) is 0 Å². The maximum Gasteiger partial charge on any atom is 0.233 e. The molecular weight excluding hydrogens is 120 g/mol. The molecule has 0 spiro atoms. The van der Waals surface area contributed by atoms with Crippen molar-refractivity contribution in [1.82, 2.24) is 5.43 Å². The normalized spacial score (nSPS) is 23.4. The number of rotatable bonds is 3. The van der Waals surface area contributed by atoms with E-state index in [0.717, 1.165) is 13.0 Å². The molecule has 1 aliphatic rings. The van der Waals surface area contributed by atoms with Gasteiger partial charge < -0.3 is 4.74 Å². The summed E-state index contributed by atoms with van der Waals surface area (Å²) in [5, 5.41) is 0. The molecule has 1 heterocycles. The van der Waals surface area contributed by atoms with Crippen molar-refractivity contribution >= 4 is 5.91 Å². The molecule has 1 saturated heterocycles. The van der Waals surface area contributed by atoms with Crippen LogP contribution in [0.4, 0.5) is 0 Å². The Kier molecular flexibility index (Phi) is 2.02. The molecule has 0 aromatic rings. The Morgan fingerprint density at radius 1 is 1.89 bits per heavy atom. The molecule has 52 valence electrons. The highest BCUT2D eigenvalue weighted by Gasteiger charge is 2.22. The first kappa shape index (κ1) is 6.51. The number of hydrazine groups is 1. The molecule has 1 fully saturated rings. The van der Waals surface area contributed by atoms with Crippen LogP contribution in [0.15, 0.2) is 0 Å². The zero-order valence-electron chi connectivity index (χ0n) is 5.09. The Bertz CT molecular complexity index is 112. The van der Waals surface area contributed by atoms with Crippen LogP contribution in [0.3, 0.4) is 0 Å². The van der Waals surface area contributed by atoms with Crippen LogP contribution in [-0.2, 0) is 9.53 Å². The largest absolute Gasteiger partial charge is 0.373 e. The second kappa shape index (κ2) is 2.80. The summed E-state index contributed by atoms with van der Waals surface area (Å²) < 4.78 is 4.88. The van der Waals surface area contributed by atoms with E-state index in [4.69, 9.17) is 10.6 Å². The maximum atomic E-state index is 10.5. The van der Waals surface area contributed by atoms with E-state index in [1.165, 1.54) is 0 Å². The molecule has 4 heteroatoms. The number of carbonyl (C=O) groups is 1. The number of amides is 1. The standard InChI is InChI=1S/C5H10N2O2/c6-7-5(8)2-1-4-3-9-4/h4H,1-3,6H2,(H,7,8). The van der Waals surface area contributed by atoms with Crippen LogP contribution in [0, 0.1) is 0 Å². The predicted octanol–water partition coefficient (Wildman–Crippen LogP) is -0.845. The molecule has 9 heavy (non-hydrogen) atoms. The van der Waals surface area contributed by atoms with E-state index in [9.17, 15) is 4.79 Å². The lowest BCUT2D eigenvalue weighted by atomic mass is 10.2. The Morgan fingerprint density at radius 2 is 2.56 bits per heavy atom. The van der Waals surface area contributed by atoms with Crippen molar-refractivity contribution in [2.75, 3.05) is 6.61 Å².